The fourth-order valence-corrected chi connectivity index (χ4v) is 5.09. The molecule has 39 heavy (non-hydrogen) atoms. The van der Waals surface area contributed by atoms with Gasteiger partial charge in [-0.2, -0.15) is 0 Å². The van der Waals surface area contributed by atoms with Crippen molar-refractivity contribution in [3.63, 3.8) is 0 Å². The van der Waals surface area contributed by atoms with Crippen LogP contribution < -0.4 is 29.0 Å². The number of hydrogen-bond donors (Lipinski definition) is 1. The number of hydrogen-bond acceptors (Lipinski definition) is 10. The second-order valence-electron chi connectivity index (χ2n) is 8.48. The van der Waals surface area contributed by atoms with E-state index in [9.17, 15) is 4.79 Å². The first-order chi connectivity index (χ1) is 19.0. The van der Waals surface area contributed by atoms with Crippen LogP contribution in [0, 0.1) is 0 Å². The molecule has 0 bridgehead atoms. The minimum absolute atomic E-state index is 0.214. The molecule has 1 atom stereocenters. The van der Waals surface area contributed by atoms with Gasteiger partial charge in [-0.15, -0.1) is 0 Å². The highest BCUT2D eigenvalue weighted by Gasteiger charge is 2.27. The zero-order chi connectivity index (χ0) is 27.4. The maximum atomic E-state index is 12.6. The molecule has 5 rings (SSSR count). The smallest absolute Gasteiger partial charge is 0.264 e. The van der Waals surface area contributed by atoms with Crippen molar-refractivity contribution in [1.29, 1.82) is 0 Å². The number of anilines is 1. The number of thiazole rings is 1. The summed E-state index contributed by atoms with van der Waals surface area (Å²) in [5.74, 6) is 2.15. The number of nitrogens with zero attached hydrogens (tertiary/aromatic N) is 2. The molecule has 10 nitrogen and oxygen atoms in total. The van der Waals surface area contributed by atoms with Crippen molar-refractivity contribution >= 4 is 38.3 Å². The van der Waals surface area contributed by atoms with Crippen LogP contribution in [0.1, 0.15) is 23.7 Å². The maximum Gasteiger partial charge on any atom is 0.264 e. The molecule has 1 aliphatic heterocycles. The molecule has 202 valence electrons. The third-order valence-electron chi connectivity index (χ3n) is 6.13. The molecule has 1 amide bonds. The van der Waals surface area contributed by atoms with E-state index < -0.39 is 0 Å². The van der Waals surface area contributed by atoms with Gasteiger partial charge in [0.2, 0.25) is 5.75 Å². The normalized spacial score (nSPS) is 14.4. The van der Waals surface area contributed by atoms with Crippen molar-refractivity contribution in [3.8, 4) is 28.7 Å². The quantitative estimate of drug-likeness (QED) is 0.287. The van der Waals surface area contributed by atoms with Crippen LogP contribution in [0.2, 0.25) is 0 Å². The van der Waals surface area contributed by atoms with Gasteiger partial charge < -0.3 is 28.5 Å². The van der Waals surface area contributed by atoms with Crippen LogP contribution in [0.4, 0.5) is 5.13 Å². The van der Waals surface area contributed by atoms with Crippen LogP contribution in [0.5, 0.6) is 28.7 Å². The Labute approximate surface area is 229 Å². The summed E-state index contributed by atoms with van der Waals surface area (Å²) in [5, 5.41) is 7.61. The largest absolute Gasteiger partial charge is 0.493 e. The van der Waals surface area contributed by atoms with Gasteiger partial charge in [-0.1, -0.05) is 34.7 Å². The Hall–Kier alpha value is -4.51. The molecule has 0 radical (unpaired) electrons. The standard InChI is InChI=1S/C28H27N3O7S/c1-33-20-10-9-16(11-22(20)37-15-26(32)30-28-29-18-7-5-6-8-25(18)39-28)21-14-19(31-38-21)17-12-23(34-2)27(36-4)24(13-17)35-3/h5-13,21H,14-15H2,1-4H3,(H,29,30,32). The molecule has 0 saturated heterocycles. The summed E-state index contributed by atoms with van der Waals surface area (Å²) in [6.45, 7) is -0.214. The molecule has 2 heterocycles. The monoisotopic (exact) mass is 549 g/mol. The molecule has 3 aromatic carbocycles. The predicted octanol–water partition coefficient (Wildman–Crippen LogP) is 5.21. The van der Waals surface area contributed by atoms with Crippen LogP contribution >= 0.6 is 11.3 Å². The van der Waals surface area contributed by atoms with Crippen molar-refractivity contribution in [3.05, 3.63) is 65.7 Å². The number of nitrogens with one attached hydrogen (secondary N) is 1. The van der Waals surface area contributed by atoms with E-state index in [4.69, 9.17) is 28.5 Å². The first-order valence-electron chi connectivity index (χ1n) is 12.0. The molecule has 0 aliphatic carbocycles. The number of benzene rings is 3. The molecule has 0 spiro atoms. The summed E-state index contributed by atoms with van der Waals surface area (Å²) in [7, 11) is 6.23. The number of carbonyl (C=O) groups excluding carboxylic acids is 1. The van der Waals surface area contributed by atoms with Crippen molar-refractivity contribution in [2.75, 3.05) is 40.4 Å². The van der Waals surface area contributed by atoms with E-state index in [1.807, 2.05) is 42.5 Å². The van der Waals surface area contributed by atoms with Gasteiger partial charge in [0.15, 0.2) is 40.8 Å². The summed E-state index contributed by atoms with van der Waals surface area (Å²) >= 11 is 1.40. The molecule has 4 aromatic rings. The third kappa shape index (κ3) is 5.53. The van der Waals surface area contributed by atoms with Gasteiger partial charge in [0.25, 0.3) is 5.91 Å². The molecule has 1 aliphatic rings. The number of para-hydroxylation sites is 1. The summed E-state index contributed by atoms with van der Waals surface area (Å²) in [6, 6.07) is 16.8. The van der Waals surface area contributed by atoms with E-state index in [1.165, 1.54) is 11.3 Å². The van der Waals surface area contributed by atoms with Gasteiger partial charge in [-0.05, 0) is 42.0 Å². The van der Waals surface area contributed by atoms with Crippen molar-refractivity contribution in [2.24, 2.45) is 5.16 Å². The lowest BCUT2D eigenvalue weighted by Crippen LogP contribution is -2.20. The highest BCUT2D eigenvalue weighted by Crippen LogP contribution is 2.41. The molecule has 1 aromatic heterocycles. The molecular formula is C28H27N3O7S. The van der Waals surface area contributed by atoms with Gasteiger partial charge in [0, 0.05) is 12.0 Å². The first kappa shape index (κ1) is 26.1. The Balaban J connectivity index is 1.27. The van der Waals surface area contributed by atoms with Crippen molar-refractivity contribution in [2.45, 2.75) is 12.5 Å². The van der Waals surface area contributed by atoms with Crippen LogP contribution in [0.15, 0.2) is 59.8 Å². The van der Waals surface area contributed by atoms with E-state index in [0.717, 1.165) is 27.1 Å². The highest BCUT2D eigenvalue weighted by molar-refractivity contribution is 7.22. The lowest BCUT2D eigenvalue weighted by atomic mass is 9.99. The van der Waals surface area contributed by atoms with Crippen LogP contribution in [0.25, 0.3) is 10.2 Å². The Kier molecular flexibility index (Phi) is 7.69. The van der Waals surface area contributed by atoms with Gasteiger partial charge >= 0.3 is 0 Å². The molecule has 11 heteroatoms. The van der Waals surface area contributed by atoms with Crippen LogP contribution in [-0.2, 0) is 9.63 Å². The summed E-state index contributed by atoms with van der Waals surface area (Å²) in [6.07, 6.45) is 0.145. The number of amides is 1. The minimum Gasteiger partial charge on any atom is -0.493 e. The highest BCUT2D eigenvalue weighted by atomic mass is 32.1. The fourth-order valence-electron chi connectivity index (χ4n) is 4.21. The predicted molar refractivity (Wildman–Crippen MR) is 148 cm³/mol. The summed E-state index contributed by atoms with van der Waals surface area (Å²) in [4.78, 5) is 22.8. The van der Waals surface area contributed by atoms with Crippen molar-refractivity contribution in [1.82, 2.24) is 4.98 Å². The lowest BCUT2D eigenvalue weighted by molar-refractivity contribution is -0.118. The topological polar surface area (TPSA) is 110 Å². The maximum absolute atomic E-state index is 12.6. The van der Waals surface area contributed by atoms with Crippen LogP contribution in [0.3, 0.4) is 0 Å². The van der Waals surface area contributed by atoms with Gasteiger partial charge in [0.05, 0.1) is 44.4 Å². The first-order valence-corrected chi connectivity index (χ1v) is 12.8. The van der Waals surface area contributed by atoms with E-state index in [1.54, 1.807) is 40.6 Å². The Morgan fingerprint density at radius 1 is 0.949 bits per heavy atom. The third-order valence-corrected chi connectivity index (χ3v) is 7.08. The zero-order valence-electron chi connectivity index (χ0n) is 21.8. The minimum atomic E-state index is -0.357. The number of methoxy groups -OCH3 is 4. The number of oxime groups is 1. The molecular weight excluding hydrogens is 522 g/mol. The van der Waals surface area contributed by atoms with E-state index in [-0.39, 0.29) is 18.6 Å². The van der Waals surface area contributed by atoms with E-state index in [0.29, 0.717) is 40.3 Å². The number of ether oxygens (including phenoxy) is 5. The zero-order valence-corrected chi connectivity index (χ0v) is 22.7. The van der Waals surface area contributed by atoms with E-state index >= 15 is 0 Å². The average molecular weight is 550 g/mol. The number of aromatic nitrogens is 1. The summed E-state index contributed by atoms with van der Waals surface area (Å²) < 4.78 is 28.6. The Bertz CT molecular complexity index is 1480. The average Bonchev–Trinajstić information content (AvgIpc) is 3.62. The molecule has 1 unspecified atom stereocenters. The second kappa shape index (κ2) is 11.5. The number of fused-ring (bicyclic) bond motifs is 1. The lowest BCUT2D eigenvalue weighted by Gasteiger charge is -2.15. The van der Waals surface area contributed by atoms with Gasteiger partial charge in [-0.3, -0.25) is 10.1 Å². The second-order valence-corrected chi connectivity index (χ2v) is 9.51. The number of rotatable bonds is 10. The number of carbonyl (C=O) groups is 1. The molecule has 0 fully saturated rings. The van der Waals surface area contributed by atoms with E-state index in [2.05, 4.69) is 15.5 Å². The van der Waals surface area contributed by atoms with Gasteiger partial charge in [-0.25, -0.2) is 4.98 Å². The Morgan fingerprint density at radius 2 is 1.69 bits per heavy atom. The van der Waals surface area contributed by atoms with Crippen molar-refractivity contribution < 1.29 is 33.3 Å². The summed E-state index contributed by atoms with van der Waals surface area (Å²) in [5.41, 5.74) is 3.18. The van der Waals surface area contributed by atoms with Gasteiger partial charge in [0.1, 0.15) is 0 Å². The fraction of sp³-hybridized carbons (Fsp3) is 0.250. The Morgan fingerprint density at radius 3 is 2.38 bits per heavy atom. The molecule has 0 saturated carbocycles. The van der Waals surface area contributed by atoms with Crippen LogP contribution in [-0.4, -0.2) is 51.6 Å². The molecule has 1 N–H and O–H groups in total. The SMILES string of the molecule is COc1ccc(C2CC(c3cc(OC)c(OC)c(OC)c3)=NO2)cc1OCC(=O)Nc1nc2ccccc2s1.